The zero-order valence-corrected chi connectivity index (χ0v) is 14.2. The van der Waals surface area contributed by atoms with E-state index in [9.17, 15) is 9.59 Å². The van der Waals surface area contributed by atoms with Crippen LogP contribution in [0.1, 0.15) is 24.8 Å². The molecule has 0 bridgehead atoms. The van der Waals surface area contributed by atoms with E-state index >= 15 is 0 Å². The van der Waals surface area contributed by atoms with Crippen LogP contribution in [0.5, 0.6) is 0 Å². The molecule has 1 aliphatic rings. The smallest absolute Gasteiger partial charge is 0.308 e. The summed E-state index contributed by atoms with van der Waals surface area (Å²) < 4.78 is 0. The summed E-state index contributed by atoms with van der Waals surface area (Å²) in [5.74, 6) is -0.533. The Morgan fingerprint density at radius 3 is 2.77 bits per heavy atom. The Morgan fingerprint density at radius 2 is 2.09 bits per heavy atom. The van der Waals surface area contributed by atoms with Crippen molar-refractivity contribution >= 4 is 46.8 Å². The Balaban J connectivity index is 1.77. The molecular weight excluding hydrogens is 345 g/mol. The van der Waals surface area contributed by atoms with Crippen LogP contribution in [0, 0.1) is 5.92 Å². The van der Waals surface area contributed by atoms with Crippen molar-refractivity contribution in [1.29, 1.82) is 0 Å². The minimum atomic E-state index is -0.830. The molecule has 0 aromatic heterocycles. The van der Waals surface area contributed by atoms with Crippen molar-refractivity contribution < 1.29 is 14.7 Å². The highest BCUT2D eigenvalue weighted by Gasteiger charge is 2.33. The van der Waals surface area contributed by atoms with E-state index in [1.165, 1.54) is 11.8 Å². The fourth-order valence-corrected chi connectivity index (χ4v) is 3.97. The summed E-state index contributed by atoms with van der Waals surface area (Å²) in [6, 6.07) is 5.03. The highest BCUT2D eigenvalue weighted by molar-refractivity contribution is 7.99. The standard InChI is InChI=1S/C15H17Cl2NO3S/c16-10-5-4-9(12(17)6-10)7-22-8-14(19)18-13-3-1-2-11(13)15(20)21/h4-6,11,13H,1-3,7-8H2,(H,18,19)(H,20,21)/t11-,13+/m1/s1. The van der Waals surface area contributed by atoms with E-state index in [0.29, 0.717) is 22.2 Å². The number of aliphatic carboxylic acids is 1. The largest absolute Gasteiger partial charge is 0.481 e. The van der Waals surface area contributed by atoms with Crippen LogP contribution in [0.4, 0.5) is 0 Å². The Morgan fingerprint density at radius 1 is 1.32 bits per heavy atom. The molecule has 1 aromatic carbocycles. The van der Waals surface area contributed by atoms with Crippen LogP contribution in [-0.4, -0.2) is 28.8 Å². The van der Waals surface area contributed by atoms with Crippen LogP contribution >= 0.6 is 35.0 Å². The van der Waals surface area contributed by atoms with Gasteiger partial charge in [-0.1, -0.05) is 35.7 Å². The minimum absolute atomic E-state index is 0.131. The van der Waals surface area contributed by atoms with Gasteiger partial charge in [0.2, 0.25) is 5.91 Å². The van der Waals surface area contributed by atoms with Crippen molar-refractivity contribution in [1.82, 2.24) is 5.32 Å². The molecule has 1 aliphatic carbocycles. The van der Waals surface area contributed by atoms with Gasteiger partial charge in [0.15, 0.2) is 0 Å². The fourth-order valence-electron chi connectivity index (χ4n) is 2.57. The first-order chi connectivity index (χ1) is 10.5. The number of carboxylic acids is 1. The van der Waals surface area contributed by atoms with Gasteiger partial charge in [0.25, 0.3) is 0 Å². The van der Waals surface area contributed by atoms with Crippen molar-refractivity contribution in [2.24, 2.45) is 5.92 Å². The summed E-state index contributed by atoms with van der Waals surface area (Å²) in [6.45, 7) is 0. The Hall–Kier alpha value is -0.910. The number of carbonyl (C=O) groups is 2. The van der Waals surface area contributed by atoms with E-state index < -0.39 is 11.9 Å². The van der Waals surface area contributed by atoms with Gasteiger partial charge < -0.3 is 10.4 Å². The van der Waals surface area contributed by atoms with Crippen LogP contribution in [0.2, 0.25) is 10.0 Å². The number of halogens is 2. The molecule has 0 heterocycles. The molecule has 0 aliphatic heterocycles. The van der Waals surface area contributed by atoms with Gasteiger partial charge in [0.05, 0.1) is 11.7 Å². The van der Waals surface area contributed by atoms with Gasteiger partial charge in [-0.05, 0) is 30.5 Å². The van der Waals surface area contributed by atoms with Crippen LogP contribution in [0.25, 0.3) is 0 Å². The lowest BCUT2D eigenvalue weighted by Crippen LogP contribution is -2.41. The topological polar surface area (TPSA) is 66.4 Å². The molecule has 0 unspecified atom stereocenters. The quantitative estimate of drug-likeness (QED) is 0.812. The molecule has 1 amide bonds. The molecule has 1 fully saturated rings. The molecule has 4 nitrogen and oxygen atoms in total. The molecule has 0 saturated heterocycles. The van der Waals surface area contributed by atoms with Crippen molar-refractivity contribution in [2.75, 3.05) is 5.75 Å². The van der Waals surface area contributed by atoms with E-state index in [1.54, 1.807) is 12.1 Å². The maximum absolute atomic E-state index is 11.9. The van der Waals surface area contributed by atoms with E-state index in [1.807, 2.05) is 6.07 Å². The first-order valence-corrected chi connectivity index (χ1v) is 8.92. The molecule has 1 saturated carbocycles. The number of carboxylic acid groups (broad SMARTS) is 1. The molecule has 2 N–H and O–H groups in total. The molecule has 0 spiro atoms. The molecule has 2 rings (SSSR count). The molecule has 1 aromatic rings. The van der Waals surface area contributed by atoms with Crippen molar-refractivity contribution in [3.05, 3.63) is 33.8 Å². The third kappa shape index (κ3) is 4.80. The zero-order valence-electron chi connectivity index (χ0n) is 11.9. The maximum atomic E-state index is 11.9. The molecule has 0 radical (unpaired) electrons. The third-order valence-electron chi connectivity index (χ3n) is 3.69. The maximum Gasteiger partial charge on any atom is 0.308 e. The summed E-state index contributed by atoms with van der Waals surface area (Å²) in [5.41, 5.74) is 0.924. The number of carbonyl (C=O) groups excluding carboxylic acids is 1. The molecule has 7 heteroatoms. The van der Waals surface area contributed by atoms with Crippen LogP contribution in [-0.2, 0) is 15.3 Å². The van der Waals surface area contributed by atoms with Gasteiger partial charge in [-0.25, -0.2) is 0 Å². The number of thioether (sulfide) groups is 1. The highest BCUT2D eigenvalue weighted by Crippen LogP contribution is 2.27. The summed E-state index contributed by atoms with van der Waals surface area (Å²) in [4.78, 5) is 23.0. The van der Waals surface area contributed by atoms with Gasteiger partial charge in [-0.15, -0.1) is 11.8 Å². The number of hydrogen-bond acceptors (Lipinski definition) is 3. The minimum Gasteiger partial charge on any atom is -0.481 e. The second kappa shape index (κ2) is 8.09. The summed E-state index contributed by atoms with van der Waals surface area (Å²) in [5, 5.41) is 13.1. The highest BCUT2D eigenvalue weighted by atomic mass is 35.5. The molecule has 120 valence electrons. The summed E-state index contributed by atoms with van der Waals surface area (Å²) in [7, 11) is 0. The van der Waals surface area contributed by atoms with E-state index in [4.69, 9.17) is 28.3 Å². The van der Waals surface area contributed by atoms with Gasteiger partial charge in [0.1, 0.15) is 0 Å². The SMILES string of the molecule is O=C(CSCc1ccc(Cl)cc1Cl)N[C@H]1CCC[C@H]1C(=O)O. The first-order valence-electron chi connectivity index (χ1n) is 7.01. The second-order valence-electron chi connectivity index (χ2n) is 5.28. The lowest BCUT2D eigenvalue weighted by Gasteiger charge is -2.17. The van der Waals surface area contributed by atoms with Crippen molar-refractivity contribution in [2.45, 2.75) is 31.1 Å². The normalized spacial score (nSPS) is 20.8. The molecule has 2 atom stereocenters. The van der Waals surface area contributed by atoms with Crippen molar-refractivity contribution in [3.8, 4) is 0 Å². The first kappa shape index (κ1) is 17.4. The number of hydrogen-bond donors (Lipinski definition) is 2. The van der Waals surface area contributed by atoms with E-state index in [2.05, 4.69) is 5.32 Å². The van der Waals surface area contributed by atoms with E-state index in [0.717, 1.165) is 18.4 Å². The fraction of sp³-hybridized carbons (Fsp3) is 0.467. The number of nitrogens with one attached hydrogen (secondary N) is 1. The van der Waals surface area contributed by atoms with Gasteiger partial charge in [-0.3, -0.25) is 9.59 Å². The number of amides is 1. The Labute approximate surface area is 143 Å². The summed E-state index contributed by atoms with van der Waals surface area (Å²) in [6.07, 6.45) is 2.21. The van der Waals surface area contributed by atoms with Gasteiger partial charge in [-0.2, -0.15) is 0 Å². The lowest BCUT2D eigenvalue weighted by molar-refractivity contribution is -0.142. The molecule has 22 heavy (non-hydrogen) atoms. The summed E-state index contributed by atoms with van der Waals surface area (Å²) >= 11 is 13.3. The second-order valence-corrected chi connectivity index (χ2v) is 7.11. The van der Waals surface area contributed by atoms with Crippen LogP contribution in [0.3, 0.4) is 0 Å². The average molecular weight is 362 g/mol. The van der Waals surface area contributed by atoms with Crippen LogP contribution in [0.15, 0.2) is 18.2 Å². The number of rotatable bonds is 6. The number of benzene rings is 1. The predicted octanol–water partition coefficient (Wildman–Crippen LogP) is 3.60. The van der Waals surface area contributed by atoms with Crippen molar-refractivity contribution in [3.63, 3.8) is 0 Å². The third-order valence-corrected chi connectivity index (χ3v) is 5.25. The van der Waals surface area contributed by atoms with Gasteiger partial charge >= 0.3 is 5.97 Å². The molecular formula is C15H17Cl2NO3S. The Kier molecular flexibility index (Phi) is 6.41. The predicted molar refractivity (Wildman–Crippen MR) is 89.5 cm³/mol. The lowest BCUT2D eigenvalue weighted by atomic mass is 10.0. The zero-order chi connectivity index (χ0) is 16.1. The van der Waals surface area contributed by atoms with E-state index in [-0.39, 0.29) is 17.7 Å². The van der Waals surface area contributed by atoms with Crippen LogP contribution < -0.4 is 5.32 Å². The monoisotopic (exact) mass is 361 g/mol. The average Bonchev–Trinajstić information content (AvgIpc) is 2.89. The Bertz CT molecular complexity index is 568. The van der Waals surface area contributed by atoms with Gasteiger partial charge in [0, 0.05) is 21.8 Å².